The summed E-state index contributed by atoms with van der Waals surface area (Å²) in [6, 6.07) is 14.8. The Hall–Kier alpha value is -2.00. The molecule has 0 fully saturated rings. The molecule has 4 heteroatoms. The van der Waals surface area contributed by atoms with E-state index in [2.05, 4.69) is 5.32 Å². The van der Waals surface area contributed by atoms with Crippen molar-refractivity contribution in [1.29, 1.82) is 0 Å². The predicted octanol–water partition coefficient (Wildman–Crippen LogP) is 4.44. The molecule has 1 atom stereocenters. The number of para-hydroxylation sites is 1. The Morgan fingerprint density at radius 3 is 2.48 bits per heavy atom. The van der Waals surface area contributed by atoms with Gasteiger partial charge in [0, 0.05) is 5.69 Å². The Kier molecular flexibility index (Phi) is 5.23. The monoisotopic (exact) mass is 303 g/mol. The smallest absolute Gasteiger partial charge is 0.265 e. The summed E-state index contributed by atoms with van der Waals surface area (Å²) in [5.74, 6) is 0.339. The fourth-order valence-electron chi connectivity index (χ4n) is 1.88. The Bertz CT molecular complexity index is 610. The van der Waals surface area contributed by atoms with E-state index in [0.717, 1.165) is 11.3 Å². The number of amides is 1. The van der Waals surface area contributed by atoms with Crippen molar-refractivity contribution in [1.82, 2.24) is 0 Å². The van der Waals surface area contributed by atoms with E-state index < -0.39 is 6.10 Å². The van der Waals surface area contributed by atoms with E-state index in [1.807, 2.05) is 50.2 Å². The number of carbonyl (C=O) groups excluding carboxylic acids is 1. The zero-order valence-corrected chi connectivity index (χ0v) is 12.9. The van der Waals surface area contributed by atoms with Crippen molar-refractivity contribution >= 4 is 23.2 Å². The van der Waals surface area contributed by atoms with Crippen molar-refractivity contribution < 1.29 is 9.53 Å². The fourth-order valence-corrected chi connectivity index (χ4v) is 2.06. The van der Waals surface area contributed by atoms with Gasteiger partial charge in [-0.1, -0.05) is 48.4 Å². The molecule has 2 aromatic carbocycles. The van der Waals surface area contributed by atoms with E-state index >= 15 is 0 Å². The third kappa shape index (κ3) is 4.23. The molecule has 3 nitrogen and oxygen atoms in total. The molecule has 0 saturated carbocycles. The summed E-state index contributed by atoms with van der Waals surface area (Å²) in [5, 5.41) is 3.35. The van der Waals surface area contributed by atoms with Crippen LogP contribution < -0.4 is 10.1 Å². The van der Waals surface area contributed by atoms with Crippen LogP contribution in [0.15, 0.2) is 48.5 Å². The van der Waals surface area contributed by atoms with Gasteiger partial charge in [-0.25, -0.2) is 0 Å². The first-order valence-electron chi connectivity index (χ1n) is 6.89. The number of carbonyl (C=O) groups is 1. The fraction of sp³-hybridized carbons (Fsp3) is 0.235. The van der Waals surface area contributed by atoms with Gasteiger partial charge < -0.3 is 10.1 Å². The van der Waals surface area contributed by atoms with Gasteiger partial charge in [-0.05, 0) is 37.6 Å². The molecule has 0 aromatic heterocycles. The molecule has 2 aromatic rings. The Morgan fingerprint density at radius 2 is 1.86 bits per heavy atom. The largest absolute Gasteiger partial charge is 0.479 e. The van der Waals surface area contributed by atoms with Crippen molar-refractivity contribution in [3.8, 4) is 5.75 Å². The Balaban J connectivity index is 2.05. The normalized spacial score (nSPS) is 11.8. The zero-order valence-electron chi connectivity index (χ0n) is 12.1. The lowest BCUT2D eigenvalue weighted by atomic mass is 10.2. The summed E-state index contributed by atoms with van der Waals surface area (Å²) in [4.78, 5) is 12.3. The molecule has 1 N–H and O–H groups in total. The highest BCUT2D eigenvalue weighted by Gasteiger charge is 2.19. The Morgan fingerprint density at radius 1 is 1.19 bits per heavy atom. The third-order valence-corrected chi connectivity index (χ3v) is 3.40. The van der Waals surface area contributed by atoms with Crippen LogP contribution in [-0.2, 0) is 4.79 Å². The number of hydrogen-bond acceptors (Lipinski definition) is 2. The topological polar surface area (TPSA) is 38.3 Å². The number of anilines is 1. The van der Waals surface area contributed by atoms with Crippen molar-refractivity contribution in [2.24, 2.45) is 0 Å². The minimum Gasteiger partial charge on any atom is -0.479 e. The molecule has 2 rings (SSSR count). The van der Waals surface area contributed by atoms with Gasteiger partial charge in [0.1, 0.15) is 5.75 Å². The van der Waals surface area contributed by atoms with Gasteiger partial charge >= 0.3 is 0 Å². The van der Waals surface area contributed by atoms with Crippen LogP contribution in [0.5, 0.6) is 5.75 Å². The predicted molar refractivity (Wildman–Crippen MR) is 86.0 cm³/mol. The summed E-state index contributed by atoms with van der Waals surface area (Å²) in [7, 11) is 0. The van der Waals surface area contributed by atoms with Crippen LogP contribution in [0, 0.1) is 6.92 Å². The molecular weight excluding hydrogens is 286 g/mol. The summed E-state index contributed by atoms with van der Waals surface area (Å²) < 4.78 is 5.71. The SMILES string of the molecule is CC[C@H](Oc1ccccc1Cl)C(=O)Nc1ccc(C)cc1. The standard InChI is InChI=1S/C17H18ClNO2/c1-3-15(21-16-7-5-4-6-14(16)18)17(20)19-13-10-8-12(2)9-11-13/h4-11,15H,3H2,1-2H3,(H,19,20)/t15-/m0/s1. The number of nitrogens with one attached hydrogen (secondary N) is 1. The van der Waals surface area contributed by atoms with Crippen LogP contribution >= 0.6 is 11.6 Å². The lowest BCUT2D eigenvalue weighted by molar-refractivity contribution is -0.122. The van der Waals surface area contributed by atoms with Gasteiger partial charge in [-0.3, -0.25) is 4.79 Å². The van der Waals surface area contributed by atoms with Crippen molar-refractivity contribution in [2.45, 2.75) is 26.4 Å². The van der Waals surface area contributed by atoms with Crippen LogP contribution in [0.1, 0.15) is 18.9 Å². The second-order valence-corrected chi connectivity index (χ2v) is 5.21. The maximum absolute atomic E-state index is 12.3. The van der Waals surface area contributed by atoms with E-state index in [1.54, 1.807) is 12.1 Å². The number of benzene rings is 2. The number of aryl methyl sites for hydroxylation is 1. The molecule has 1 amide bonds. The van der Waals surface area contributed by atoms with E-state index in [1.165, 1.54) is 0 Å². The molecule has 0 bridgehead atoms. The number of hydrogen-bond donors (Lipinski definition) is 1. The first-order chi connectivity index (χ1) is 10.1. The molecular formula is C17H18ClNO2. The van der Waals surface area contributed by atoms with E-state index in [4.69, 9.17) is 16.3 Å². The van der Waals surface area contributed by atoms with Crippen LogP contribution in [-0.4, -0.2) is 12.0 Å². The summed E-state index contributed by atoms with van der Waals surface area (Å²) in [5.41, 5.74) is 1.90. The minimum atomic E-state index is -0.578. The average molecular weight is 304 g/mol. The lowest BCUT2D eigenvalue weighted by Crippen LogP contribution is -2.32. The number of ether oxygens (including phenoxy) is 1. The van der Waals surface area contributed by atoms with E-state index in [0.29, 0.717) is 17.2 Å². The highest BCUT2D eigenvalue weighted by molar-refractivity contribution is 6.32. The number of rotatable bonds is 5. The molecule has 0 spiro atoms. The molecule has 0 aliphatic heterocycles. The maximum Gasteiger partial charge on any atom is 0.265 e. The quantitative estimate of drug-likeness (QED) is 0.886. The van der Waals surface area contributed by atoms with Crippen LogP contribution in [0.25, 0.3) is 0 Å². The van der Waals surface area contributed by atoms with Gasteiger partial charge in [-0.15, -0.1) is 0 Å². The van der Waals surface area contributed by atoms with Crippen LogP contribution in [0.2, 0.25) is 5.02 Å². The van der Waals surface area contributed by atoms with E-state index in [-0.39, 0.29) is 5.91 Å². The van der Waals surface area contributed by atoms with E-state index in [9.17, 15) is 4.79 Å². The first-order valence-corrected chi connectivity index (χ1v) is 7.26. The molecule has 21 heavy (non-hydrogen) atoms. The van der Waals surface area contributed by atoms with Gasteiger partial charge in [0.05, 0.1) is 5.02 Å². The molecule has 0 heterocycles. The maximum atomic E-state index is 12.3. The first kappa shape index (κ1) is 15.4. The zero-order chi connectivity index (χ0) is 15.2. The third-order valence-electron chi connectivity index (χ3n) is 3.09. The molecule has 0 aliphatic rings. The average Bonchev–Trinajstić information content (AvgIpc) is 2.48. The van der Waals surface area contributed by atoms with Crippen LogP contribution in [0.3, 0.4) is 0 Å². The van der Waals surface area contributed by atoms with Gasteiger partial charge in [0.15, 0.2) is 6.10 Å². The highest BCUT2D eigenvalue weighted by Crippen LogP contribution is 2.25. The van der Waals surface area contributed by atoms with Gasteiger partial charge in [0.2, 0.25) is 0 Å². The molecule has 110 valence electrons. The van der Waals surface area contributed by atoms with Crippen molar-refractivity contribution in [2.75, 3.05) is 5.32 Å². The summed E-state index contributed by atoms with van der Waals surface area (Å²) >= 11 is 6.05. The van der Waals surface area contributed by atoms with Crippen LogP contribution in [0.4, 0.5) is 5.69 Å². The second-order valence-electron chi connectivity index (χ2n) is 4.80. The summed E-state index contributed by atoms with van der Waals surface area (Å²) in [6.45, 7) is 3.90. The minimum absolute atomic E-state index is 0.179. The van der Waals surface area contributed by atoms with Crippen molar-refractivity contribution in [3.05, 3.63) is 59.1 Å². The second kappa shape index (κ2) is 7.14. The molecule has 0 saturated heterocycles. The van der Waals surface area contributed by atoms with Gasteiger partial charge in [0.25, 0.3) is 5.91 Å². The molecule has 0 radical (unpaired) electrons. The van der Waals surface area contributed by atoms with Gasteiger partial charge in [-0.2, -0.15) is 0 Å². The number of halogens is 1. The summed E-state index contributed by atoms with van der Waals surface area (Å²) in [6.07, 6.45) is -0.0191. The Labute approximate surface area is 129 Å². The van der Waals surface area contributed by atoms with Crippen molar-refractivity contribution in [3.63, 3.8) is 0 Å². The molecule has 0 aliphatic carbocycles. The highest BCUT2D eigenvalue weighted by atomic mass is 35.5. The molecule has 0 unspecified atom stereocenters. The lowest BCUT2D eigenvalue weighted by Gasteiger charge is -2.18.